The van der Waals surface area contributed by atoms with Crippen LogP contribution in [0.4, 0.5) is 0 Å². The average Bonchev–Trinajstić information content (AvgIpc) is 2.95. The van der Waals surface area contributed by atoms with Crippen LogP contribution in [-0.4, -0.2) is 26.5 Å². The van der Waals surface area contributed by atoms with Crippen molar-refractivity contribution >= 4 is 33.4 Å². The van der Waals surface area contributed by atoms with E-state index in [-0.39, 0.29) is 10.3 Å². The number of carbonyl (C=O) groups is 2. The highest BCUT2D eigenvalue weighted by molar-refractivity contribution is 7.20. The number of carbonyl (C=O) groups excluding carboxylic acids is 1. The highest BCUT2D eigenvalue weighted by Gasteiger charge is 2.26. The molecule has 1 unspecified atom stereocenters. The fourth-order valence-electron chi connectivity index (χ4n) is 2.99. The minimum absolute atomic E-state index is 0.0634. The van der Waals surface area contributed by atoms with Gasteiger partial charge < -0.3 is 10.8 Å². The number of amides is 1. The van der Waals surface area contributed by atoms with Crippen LogP contribution in [0.2, 0.25) is 0 Å². The number of carboxylic acid groups (broad SMARTS) is 1. The van der Waals surface area contributed by atoms with Crippen molar-refractivity contribution in [3.8, 4) is 11.4 Å². The zero-order chi connectivity index (χ0) is 19.0. The lowest BCUT2D eigenvalue weighted by Gasteiger charge is -2.19. The summed E-state index contributed by atoms with van der Waals surface area (Å²) in [6, 6.07) is 8.09. The number of aryl methyl sites for hydroxylation is 1. The average molecular weight is 371 g/mol. The van der Waals surface area contributed by atoms with E-state index in [1.807, 2.05) is 6.07 Å². The third kappa shape index (κ3) is 2.78. The van der Waals surface area contributed by atoms with Crippen molar-refractivity contribution in [2.45, 2.75) is 26.3 Å². The second-order valence-corrected chi connectivity index (χ2v) is 6.84. The Hall–Kier alpha value is -3.00. The minimum atomic E-state index is -1.11. The number of thiophene rings is 1. The molecule has 3 rings (SSSR count). The lowest BCUT2D eigenvalue weighted by molar-refractivity contribution is -0.121. The Morgan fingerprint density at radius 2 is 1.96 bits per heavy atom. The summed E-state index contributed by atoms with van der Waals surface area (Å²) in [7, 11) is 0. The van der Waals surface area contributed by atoms with Gasteiger partial charge in [-0.05, 0) is 18.9 Å². The Balaban J connectivity index is 2.46. The van der Waals surface area contributed by atoms with Gasteiger partial charge in [0, 0.05) is 5.56 Å². The molecule has 7 nitrogen and oxygen atoms in total. The van der Waals surface area contributed by atoms with Crippen molar-refractivity contribution in [1.29, 1.82) is 0 Å². The lowest BCUT2D eigenvalue weighted by atomic mass is 10.1. The first-order chi connectivity index (χ1) is 12.4. The van der Waals surface area contributed by atoms with Crippen molar-refractivity contribution in [1.82, 2.24) is 9.55 Å². The van der Waals surface area contributed by atoms with Crippen LogP contribution in [0.3, 0.4) is 0 Å². The Bertz CT molecular complexity index is 1070. The van der Waals surface area contributed by atoms with Crippen LogP contribution in [0.5, 0.6) is 0 Å². The summed E-state index contributed by atoms with van der Waals surface area (Å²) in [5, 5.41) is 9.57. The Labute approximate surface area is 152 Å². The molecule has 0 fully saturated rings. The van der Waals surface area contributed by atoms with Crippen molar-refractivity contribution in [3.63, 3.8) is 0 Å². The largest absolute Gasteiger partial charge is 0.477 e. The number of aromatic carboxylic acids is 1. The number of rotatable bonds is 5. The smallest absolute Gasteiger partial charge is 0.346 e. The summed E-state index contributed by atoms with van der Waals surface area (Å²) in [6.07, 6.45) is 0.317. The van der Waals surface area contributed by atoms with Crippen molar-refractivity contribution in [2.75, 3.05) is 0 Å². The molecule has 0 aliphatic heterocycles. The lowest BCUT2D eigenvalue weighted by Crippen LogP contribution is -2.35. The van der Waals surface area contributed by atoms with Gasteiger partial charge in [-0.15, -0.1) is 11.3 Å². The van der Waals surface area contributed by atoms with E-state index >= 15 is 0 Å². The fourth-order valence-corrected chi connectivity index (χ4v) is 4.00. The van der Waals surface area contributed by atoms with Gasteiger partial charge in [-0.3, -0.25) is 14.2 Å². The molecular weight excluding hydrogens is 354 g/mol. The number of aromatic nitrogens is 2. The van der Waals surface area contributed by atoms with E-state index in [0.717, 1.165) is 11.3 Å². The molecule has 3 aromatic rings. The molecule has 0 aliphatic rings. The van der Waals surface area contributed by atoms with Crippen molar-refractivity contribution in [3.05, 3.63) is 51.1 Å². The number of benzene rings is 1. The summed E-state index contributed by atoms with van der Waals surface area (Å²) < 4.78 is 1.28. The van der Waals surface area contributed by atoms with E-state index in [2.05, 4.69) is 4.98 Å². The summed E-state index contributed by atoms with van der Waals surface area (Å²) in [5.41, 5.74) is 6.05. The zero-order valence-corrected chi connectivity index (χ0v) is 15.0. The zero-order valence-electron chi connectivity index (χ0n) is 14.2. The predicted octanol–water partition coefficient (Wildman–Crippen LogP) is 2.57. The molecule has 0 aliphatic carbocycles. The molecule has 0 bridgehead atoms. The van der Waals surface area contributed by atoms with Gasteiger partial charge in [0.05, 0.1) is 5.39 Å². The molecule has 1 atom stereocenters. The van der Waals surface area contributed by atoms with E-state index in [4.69, 9.17) is 5.73 Å². The number of fused-ring (bicyclic) bond motifs is 1. The second kappa shape index (κ2) is 6.72. The summed E-state index contributed by atoms with van der Waals surface area (Å²) in [5.74, 6) is -1.45. The first-order valence-corrected chi connectivity index (χ1v) is 8.82. The molecule has 1 amide bonds. The first kappa shape index (κ1) is 17.8. The predicted molar refractivity (Wildman–Crippen MR) is 99.5 cm³/mol. The van der Waals surface area contributed by atoms with E-state index in [9.17, 15) is 19.5 Å². The first-order valence-electron chi connectivity index (χ1n) is 8.00. The standard InChI is InChI=1S/C18H17N3O4S/c1-3-11(14(19)22)21-15(10-7-5-4-6-8-10)20-16-12(17(21)23)9(2)13(26-16)18(24)25/h4-8,11H,3H2,1-2H3,(H2,19,22)(H,24,25). The molecule has 0 radical (unpaired) electrons. The highest BCUT2D eigenvalue weighted by Crippen LogP contribution is 2.30. The number of nitrogens with zero attached hydrogens (tertiary/aromatic N) is 2. The van der Waals surface area contributed by atoms with Gasteiger partial charge in [-0.25, -0.2) is 9.78 Å². The Morgan fingerprint density at radius 1 is 1.31 bits per heavy atom. The number of primary amides is 1. The van der Waals surface area contributed by atoms with E-state index in [1.165, 1.54) is 4.57 Å². The van der Waals surface area contributed by atoms with Gasteiger partial charge >= 0.3 is 5.97 Å². The molecule has 0 saturated heterocycles. The molecule has 134 valence electrons. The molecule has 26 heavy (non-hydrogen) atoms. The van der Waals surface area contributed by atoms with E-state index in [0.29, 0.717) is 28.2 Å². The third-order valence-corrected chi connectivity index (χ3v) is 5.42. The van der Waals surface area contributed by atoms with Gasteiger partial charge in [0.25, 0.3) is 5.56 Å². The normalized spacial score (nSPS) is 12.2. The van der Waals surface area contributed by atoms with Crippen LogP contribution < -0.4 is 11.3 Å². The molecule has 0 saturated carbocycles. The Morgan fingerprint density at radius 3 is 2.50 bits per heavy atom. The number of hydrogen-bond donors (Lipinski definition) is 2. The molecule has 0 spiro atoms. The van der Waals surface area contributed by atoms with Crippen LogP contribution in [0.25, 0.3) is 21.6 Å². The van der Waals surface area contributed by atoms with Gasteiger partial charge in [-0.1, -0.05) is 37.3 Å². The van der Waals surface area contributed by atoms with Crippen LogP contribution in [-0.2, 0) is 4.79 Å². The summed E-state index contributed by atoms with van der Waals surface area (Å²) in [6.45, 7) is 3.33. The maximum absolute atomic E-state index is 13.2. The third-order valence-electron chi connectivity index (χ3n) is 4.25. The molecular formula is C18H17N3O4S. The highest BCUT2D eigenvalue weighted by atomic mass is 32.1. The molecule has 8 heteroatoms. The molecule has 2 aromatic heterocycles. The molecule has 3 N–H and O–H groups in total. The summed E-state index contributed by atoms with van der Waals surface area (Å²) in [4.78, 5) is 41.5. The van der Waals surface area contributed by atoms with E-state index < -0.39 is 23.5 Å². The maximum atomic E-state index is 13.2. The quantitative estimate of drug-likeness (QED) is 0.715. The van der Waals surface area contributed by atoms with Gasteiger partial charge in [-0.2, -0.15) is 0 Å². The number of carboxylic acids is 1. The number of nitrogens with two attached hydrogens (primary N) is 1. The van der Waals surface area contributed by atoms with Gasteiger partial charge in [0.15, 0.2) is 0 Å². The van der Waals surface area contributed by atoms with Crippen LogP contribution in [0, 0.1) is 6.92 Å². The fraction of sp³-hybridized carbons (Fsp3) is 0.222. The van der Waals surface area contributed by atoms with Crippen molar-refractivity contribution in [2.24, 2.45) is 5.73 Å². The van der Waals surface area contributed by atoms with Gasteiger partial charge in [0.1, 0.15) is 21.6 Å². The SMILES string of the molecule is CCC(C(N)=O)n1c(-c2ccccc2)nc2sc(C(=O)O)c(C)c2c1=O. The second-order valence-electron chi connectivity index (χ2n) is 5.84. The topological polar surface area (TPSA) is 115 Å². The van der Waals surface area contributed by atoms with Crippen LogP contribution in [0.15, 0.2) is 35.1 Å². The molecule has 1 aromatic carbocycles. The van der Waals surface area contributed by atoms with Crippen LogP contribution >= 0.6 is 11.3 Å². The molecule has 2 heterocycles. The number of hydrogen-bond acceptors (Lipinski definition) is 5. The van der Waals surface area contributed by atoms with Crippen LogP contribution in [0.1, 0.15) is 34.6 Å². The summed E-state index contributed by atoms with van der Waals surface area (Å²) >= 11 is 0.951. The monoisotopic (exact) mass is 371 g/mol. The maximum Gasteiger partial charge on any atom is 0.346 e. The minimum Gasteiger partial charge on any atom is -0.477 e. The Kier molecular flexibility index (Phi) is 4.60. The van der Waals surface area contributed by atoms with Crippen molar-refractivity contribution < 1.29 is 14.7 Å². The van der Waals surface area contributed by atoms with E-state index in [1.54, 1.807) is 38.1 Å². The van der Waals surface area contributed by atoms with Gasteiger partial charge in [0.2, 0.25) is 5.91 Å².